The number of halogens is 2. The standard InChI is InChI=1S/C18H18Cl2N4O3S2/c1-12(17-21-22-18(27-17)15-6-3-11-28-15)23-7-9-24(10-8-23)29(25,26)16-13(19)4-2-5-14(16)20/h2-6,11-12H,7-10H2,1H3. The van der Waals surface area contributed by atoms with Crippen LogP contribution in [0.5, 0.6) is 0 Å². The molecule has 1 atom stereocenters. The minimum absolute atomic E-state index is 0.0395. The summed E-state index contributed by atoms with van der Waals surface area (Å²) in [6.07, 6.45) is 0. The third kappa shape index (κ3) is 4.08. The van der Waals surface area contributed by atoms with Crippen LogP contribution < -0.4 is 0 Å². The van der Waals surface area contributed by atoms with Crippen molar-refractivity contribution < 1.29 is 12.8 Å². The van der Waals surface area contributed by atoms with Crippen molar-refractivity contribution >= 4 is 44.6 Å². The maximum absolute atomic E-state index is 13.0. The summed E-state index contributed by atoms with van der Waals surface area (Å²) in [6, 6.07) is 8.41. The van der Waals surface area contributed by atoms with Gasteiger partial charge in [-0.25, -0.2) is 8.42 Å². The van der Waals surface area contributed by atoms with Gasteiger partial charge in [-0.1, -0.05) is 35.3 Å². The first-order valence-electron chi connectivity index (χ1n) is 8.93. The van der Waals surface area contributed by atoms with Crippen molar-refractivity contribution in [2.24, 2.45) is 0 Å². The molecule has 0 N–H and O–H groups in total. The maximum atomic E-state index is 13.0. The molecule has 3 aromatic rings. The SMILES string of the molecule is CC(c1nnc(-c2cccs2)o1)N1CCN(S(=O)(=O)c2c(Cl)cccc2Cl)CC1. The molecule has 1 aliphatic heterocycles. The first-order valence-corrected chi connectivity index (χ1v) is 12.0. The Labute approximate surface area is 182 Å². The van der Waals surface area contributed by atoms with Crippen molar-refractivity contribution in [3.8, 4) is 10.8 Å². The zero-order chi connectivity index (χ0) is 20.6. The molecule has 0 aliphatic carbocycles. The number of hydrogen-bond donors (Lipinski definition) is 0. The average Bonchev–Trinajstić information content (AvgIpc) is 3.39. The van der Waals surface area contributed by atoms with E-state index in [1.54, 1.807) is 6.07 Å². The van der Waals surface area contributed by atoms with E-state index in [0.717, 1.165) is 4.88 Å². The van der Waals surface area contributed by atoms with Gasteiger partial charge in [-0.3, -0.25) is 4.90 Å². The zero-order valence-corrected chi connectivity index (χ0v) is 18.6. The van der Waals surface area contributed by atoms with E-state index in [4.69, 9.17) is 27.6 Å². The van der Waals surface area contributed by atoms with Gasteiger partial charge in [0.15, 0.2) is 0 Å². The Hall–Kier alpha value is -1.49. The van der Waals surface area contributed by atoms with Gasteiger partial charge in [-0.05, 0) is 30.5 Å². The lowest BCUT2D eigenvalue weighted by atomic mass is 10.2. The lowest BCUT2D eigenvalue weighted by molar-refractivity contribution is 0.129. The average molecular weight is 473 g/mol. The van der Waals surface area contributed by atoms with E-state index in [9.17, 15) is 8.42 Å². The molecule has 7 nitrogen and oxygen atoms in total. The topological polar surface area (TPSA) is 79.5 Å². The molecule has 3 heterocycles. The van der Waals surface area contributed by atoms with Crippen LogP contribution in [0.15, 0.2) is 45.0 Å². The normalized spacial score (nSPS) is 17.5. The molecule has 1 saturated heterocycles. The molecule has 0 saturated carbocycles. The van der Waals surface area contributed by atoms with Crippen molar-refractivity contribution in [1.82, 2.24) is 19.4 Å². The highest BCUT2D eigenvalue weighted by atomic mass is 35.5. The van der Waals surface area contributed by atoms with Crippen molar-refractivity contribution in [3.63, 3.8) is 0 Å². The minimum atomic E-state index is -3.77. The Kier molecular flexibility index (Phi) is 5.97. The van der Waals surface area contributed by atoms with Crippen molar-refractivity contribution in [3.05, 3.63) is 51.6 Å². The Morgan fingerprint density at radius 3 is 2.38 bits per heavy atom. The second-order valence-electron chi connectivity index (χ2n) is 6.59. The van der Waals surface area contributed by atoms with E-state index < -0.39 is 10.0 Å². The highest BCUT2D eigenvalue weighted by Crippen LogP contribution is 2.33. The molecule has 1 aromatic carbocycles. The number of aromatic nitrogens is 2. The second-order valence-corrected chi connectivity index (χ2v) is 10.2. The van der Waals surface area contributed by atoms with Gasteiger partial charge < -0.3 is 4.42 Å². The van der Waals surface area contributed by atoms with Crippen LogP contribution in [0.3, 0.4) is 0 Å². The van der Waals surface area contributed by atoms with Crippen molar-refractivity contribution in [2.45, 2.75) is 17.9 Å². The smallest absolute Gasteiger partial charge is 0.257 e. The van der Waals surface area contributed by atoms with Gasteiger partial charge >= 0.3 is 0 Å². The van der Waals surface area contributed by atoms with E-state index in [1.165, 1.54) is 27.8 Å². The fraction of sp³-hybridized carbons (Fsp3) is 0.333. The quantitative estimate of drug-likeness (QED) is 0.554. The second kappa shape index (κ2) is 8.33. The number of sulfonamides is 1. The first kappa shape index (κ1) is 20.8. The molecule has 154 valence electrons. The lowest BCUT2D eigenvalue weighted by Gasteiger charge is -2.36. The fourth-order valence-electron chi connectivity index (χ4n) is 3.25. The van der Waals surface area contributed by atoms with Gasteiger partial charge in [-0.15, -0.1) is 21.5 Å². The Bertz CT molecular complexity index is 1070. The molecule has 0 radical (unpaired) electrons. The number of hydrogen-bond acceptors (Lipinski definition) is 7. The number of benzene rings is 1. The van der Waals surface area contributed by atoms with Crippen LogP contribution in [0.25, 0.3) is 10.8 Å². The summed E-state index contributed by atoms with van der Waals surface area (Å²) in [5, 5.41) is 10.5. The number of rotatable bonds is 5. The monoisotopic (exact) mass is 472 g/mol. The summed E-state index contributed by atoms with van der Waals surface area (Å²) in [6.45, 7) is 3.67. The van der Waals surface area contributed by atoms with E-state index in [-0.39, 0.29) is 21.0 Å². The van der Waals surface area contributed by atoms with Crippen LogP contribution in [0.2, 0.25) is 10.0 Å². The summed E-state index contributed by atoms with van der Waals surface area (Å²) < 4.78 is 33.2. The predicted octanol–water partition coefficient (Wildman–Crippen LogP) is 4.17. The highest BCUT2D eigenvalue weighted by Gasteiger charge is 2.34. The van der Waals surface area contributed by atoms with Gasteiger partial charge in [0, 0.05) is 26.2 Å². The third-order valence-electron chi connectivity index (χ3n) is 4.87. The van der Waals surface area contributed by atoms with E-state index >= 15 is 0 Å². The molecule has 29 heavy (non-hydrogen) atoms. The Morgan fingerprint density at radius 1 is 1.07 bits per heavy atom. The van der Waals surface area contributed by atoms with Crippen LogP contribution >= 0.6 is 34.5 Å². The molecule has 2 aromatic heterocycles. The molecule has 0 amide bonds. The van der Waals surface area contributed by atoms with E-state index in [1.807, 2.05) is 24.4 Å². The maximum Gasteiger partial charge on any atom is 0.257 e. The molecule has 4 rings (SSSR count). The molecule has 1 aliphatic rings. The molecule has 11 heteroatoms. The number of piperazine rings is 1. The summed E-state index contributed by atoms with van der Waals surface area (Å²) >= 11 is 13.8. The van der Waals surface area contributed by atoms with Gasteiger partial charge in [0.2, 0.25) is 15.9 Å². The van der Waals surface area contributed by atoms with Crippen LogP contribution in [0, 0.1) is 0 Å². The van der Waals surface area contributed by atoms with Crippen molar-refractivity contribution in [1.29, 1.82) is 0 Å². The number of thiophene rings is 1. The summed E-state index contributed by atoms with van der Waals surface area (Å²) in [7, 11) is -3.77. The Morgan fingerprint density at radius 2 is 1.76 bits per heavy atom. The van der Waals surface area contributed by atoms with Gasteiger partial charge in [0.25, 0.3) is 5.89 Å². The van der Waals surface area contributed by atoms with Crippen LogP contribution in [0.1, 0.15) is 18.9 Å². The minimum Gasteiger partial charge on any atom is -0.418 e. The summed E-state index contributed by atoms with van der Waals surface area (Å²) in [5.74, 6) is 1.01. The van der Waals surface area contributed by atoms with Gasteiger partial charge in [0.1, 0.15) is 4.90 Å². The third-order valence-corrected chi connectivity index (χ3v) is 8.58. The fourth-order valence-corrected chi connectivity index (χ4v) is 6.41. The van der Waals surface area contributed by atoms with Gasteiger partial charge in [0.05, 0.1) is 21.0 Å². The highest BCUT2D eigenvalue weighted by molar-refractivity contribution is 7.89. The van der Waals surface area contributed by atoms with E-state index in [0.29, 0.717) is 38.0 Å². The predicted molar refractivity (Wildman–Crippen MR) is 113 cm³/mol. The van der Waals surface area contributed by atoms with Gasteiger partial charge in [-0.2, -0.15) is 4.31 Å². The zero-order valence-electron chi connectivity index (χ0n) is 15.5. The largest absolute Gasteiger partial charge is 0.418 e. The summed E-state index contributed by atoms with van der Waals surface area (Å²) in [4.78, 5) is 3.00. The lowest BCUT2D eigenvalue weighted by Crippen LogP contribution is -2.49. The summed E-state index contributed by atoms with van der Waals surface area (Å²) in [5.41, 5.74) is 0. The van der Waals surface area contributed by atoms with E-state index in [2.05, 4.69) is 15.1 Å². The molecule has 1 unspecified atom stereocenters. The number of nitrogens with zero attached hydrogens (tertiary/aromatic N) is 4. The van der Waals surface area contributed by atoms with Crippen LogP contribution in [-0.2, 0) is 10.0 Å². The Balaban J connectivity index is 1.45. The molecular weight excluding hydrogens is 455 g/mol. The first-order chi connectivity index (χ1) is 13.9. The van der Waals surface area contributed by atoms with Crippen LogP contribution in [-0.4, -0.2) is 54.0 Å². The molecule has 0 bridgehead atoms. The van der Waals surface area contributed by atoms with Crippen molar-refractivity contribution in [2.75, 3.05) is 26.2 Å². The van der Waals surface area contributed by atoms with Crippen LogP contribution in [0.4, 0.5) is 0 Å². The molecular formula is C18H18Cl2N4O3S2. The molecule has 0 spiro atoms. The molecule has 1 fully saturated rings.